The Labute approximate surface area is 222 Å². The van der Waals surface area contributed by atoms with Crippen LogP contribution in [0, 0.1) is 0 Å². The lowest BCUT2D eigenvalue weighted by Crippen LogP contribution is -2.48. The molecule has 0 spiro atoms. The maximum Gasteiger partial charge on any atom is 0.245 e. The van der Waals surface area contributed by atoms with Crippen molar-refractivity contribution in [2.45, 2.75) is 84.1 Å². The molecule has 11 nitrogen and oxygen atoms in total. The number of hydrogen-bond acceptors (Lipinski definition) is 9. The number of nitrogens with one attached hydrogen (secondary N) is 1. The van der Waals surface area contributed by atoms with E-state index in [4.69, 9.17) is 16.3 Å². The Hall–Kier alpha value is -2.31. The topological polar surface area (TPSA) is 164 Å². The zero-order chi connectivity index (χ0) is 28.4. The van der Waals surface area contributed by atoms with Crippen molar-refractivity contribution in [3.63, 3.8) is 0 Å². The maximum atomic E-state index is 12.5. The average molecular weight is 532 g/mol. The lowest BCUT2D eigenvalue weighted by atomic mass is 10.1. The van der Waals surface area contributed by atoms with Crippen LogP contribution in [0.1, 0.15) is 72.6 Å². The highest BCUT2D eigenvalue weighted by Gasteiger charge is 2.25. The van der Waals surface area contributed by atoms with Crippen LogP contribution in [0.2, 0.25) is 0 Å². The van der Waals surface area contributed by atoms with Crippen LogP contribution in [0.5, 0.6) is 0 Å². The van der Waals surface area contributed by atoms with Crippen LogP contribution in [0.15, 0.2) is 22.6 Å². The van der Waals surface area contributed by atoms with Gasteiger partial charge in [0, 0.05) is 45.4 Å². The number of unbranched alkanes of at least 4 members (excludes halogenated alkanes) is 2. The summed E-state index contributed by atoms with van der Waals surface area (Å²) in [6.07, 6.45) is 7.34. The molecule has 1 heterocycles. The fourth-order valence-corrected chi connectivity index (χ4v) is 2.76. The molecule has 1 saturated heterocycles. The molecular weight excluding hydrogens is 482 g/mol. The number of carbonyl (C=O) groups excluding carboxylic acids is 4. The SMILES string of the molecule is C=C(C[C@@H](NC=O)C(=O)N1CCCCC1)N=NN(C)CCCCCN.CC.CC(=O)C=O.CC(N)S. The Morgan fingerprint density at radius 1 is 1.17 bits per heavy atom. The summed E-state index contributed by atoms with van der Waals surface area (Å²) < 4.78 is 0. The summed E-state index contributed by atoms with van der Waals surface area (Å²) in [5.74, 6) is -0.497. The number of aldehydes is 1. The van der Waals surface area contributed by atoms with Crippen molar-refractivity contribution in [1.29, 1.82) is 0 Å². The molecule has 1 aliphatic heterocycles. The van der Waals surface area contributed by atoms with Crippen molar-refractivity contribution in [2.24, 2.45) is 21.8 Å². The van der Waals surface area contributed by atoms with Gasteiger partial charge >= 0.3 is 0 Å². The van der Waals surface area contributed by atoms with E-state index in [1.54, 1.807) is 9.91 Å². The number of amides is 2. The van der Waals surface area contributed by atoms with E-state index in [2.05, 4.69) is 34.9 Å². The second-order valence-corrected chi connectivity index (χ2v) is 8.70. The summed E-state index contributed by atoms with van der Waals surface area (Å²) in [6.45, 7) is 13.9. The Morgan fingerprint density at radius 2 is 1.69 bits per heavy atom. The third-order valence-corrected chi connectivity index (χ3v) is 4.37. The quantitative estimate of drug-likeness (QED) is 0.0539. The standard InChI is InChI=1S/C17H32N6O2.C3H4O2.C2H7NS.C2H6/c1-15(20-21-22(2)10-6-3-5-9-18)13-16(19-14-24)17(25)23-11-7-4-8-12-23;1-3(5)2-4;1-2(3)4;1-2/h14,16H,1,3-13,18H2,2H3,(H,19,24);2H,1H3;2,4H,3H2,1H3;1-2H3/t16-;;;/m1.../s1. The van der Waals surface area contributed by atoms with Crippen LogP contribution in [-0.4, -0.2) is 78.9 Å². The van der Waals surface area contributed by atoms with Gasteiger partial charge in [0.1, 0.15) is 6.04 Å². The molecule has 0 saturated carbocycles. The predicted molar refractivity (Wildman–Crippen MR) is 148 cm³/mol. The molecule has 36 heavy (non-hydrogen) atoms. The van der Waals surface area contributed by atoms with E-state index in [0.29, 0.717) is 18.7 Å². The Kier molecular flexibility index (Phi) is 29.0. The first-order valence-electron chi connectivity index (χ1n) is 12.5. The van der Waals surface area contributed by atoms with Crippen LogP contribution in [0.25, 0.3) is 0 Å². The van der Waals surface area contributed by atoms with Crippen LogP contribution in [-0.2, 0) is 19.2 Å². The fourth-order valence-electron chi connectivity index (χ4n) is 2.76. The first kappa shape index (κ1) is 38.2. The molecule has 0 aromatic carbocycles. The molecule has 5 N–H and O–H groups in total. The van der Waals surface area contributed by atoms with E-state index in [-0.39, 0.29) is 24.0 Å². The summed E-state index contributed by atoms with van der Waals surface area (Å²) in [7, 11) is 1.85. The third kappa shape index (κ3) is 26.3. The van der Waals surface area contributed by atoms with Crippen molar-refractivity contribution in [2.75, 3.05) is 33.2 Å². The normalized spacial score (nSPS) is 13.8. The Bertz CT molecular complexity index is 625. The molecular formula is C24H49N7O4S. The number of hydrogen-bond donors (Lipinski definition) is 4. The lowest BCUT2D eigenvalue weighted by Gasteiger charge is -2.30. The second-order valence-electron chi connectivity index (χ2n) is 7.88. The number of nitrogens with two attached hydrogens (primary N) is 2. The summed E-state index contributed by atoms with van der Waals surface area (Å²) in [6, 6.07) is -0.628. The number of piperidine rings is 1. The van der Waals surface area contributed by atoms with E-state index in [0.717, 1.165) is 58.2 Å². The highest BCUT2D eigenvalue weighted by molar-refractivity contribution is 7.80. The van der Waals surface area contributed by atoms with Gasteiger partial charge in [0.05, 0.1) is 5.70 Å². The molecule has 210 valence electrons. The van der Waals surface area contributed by atoms with E-state index in [9.17, 15) is 14.4 Å². The first-order chi connectivity index (χ1) is 17.1. The number of carbonyl (C=O) groups is 4. The number of ketones is 1. The molecule has 1 aliphatic rings. The zero-order valence-electron chi connectivity index (χ0n) is 22.8. The Balaban J connectivity index is -0.000000833. The molecule has 0 bridgehead atoms. The number of nitrogens with zero attached hydrogens (tertiary/aromatic N) is 4. The number of Topliss-reactive ketones (excluding diaryl/α,β-unsaturated/α-hetero) is 1. The van der Waals surface area contributed by atoms with Crippen LogP contribution >= 0.6 is 12.6 Å². The number of thiol groups is 1. The van der Waals surface area contributed by atoms with Crippen molar-refractivity contribution in [3.8, 4) is 0 Å². The van der Waals surface area contributed by atoms with Gasteiger partial charge in [-0.15, -0.1) is 5.11 Å². The van der Waals surface area contributed by atoms with Gasteiger partial charge in [-0.2, -0.15) is 12.6 Å². The molecule has 1 unspecified atom stereocenters. The van der Waals surface area contributed by atoms with Gasteiger partial charge in [-0.1, -0.05) is 32.1 Å². The van der Waals surface area contributed by atoms with Crippen molar-refractivity contribution in [3.05, 3.63) is 12.3 Å². The van der Waals surface area contributed by atoms with Crippen molar-refractivity contribution < 1.29 is 19.2 Å². The van der Waals surface area contributed by atoms with Gasteiger partial charge in [-0.25, -0.2) is 0 Å². The van der Waals surface area contributed by atoms with Gasteiger partial charge in [0.2, 0.25) is 12.3 Å². The molecule has 1 fully saturated rings. The van der Waals surface area contributed by atoms with Crippen molar-refractivity contribution in [1.82, 2.24) is 15.2 Å². The minimum atomic E-state index is -0.628. The van der Waals surface area contributed by atoms with Gasteiger partial charge in [-0.05, 0) is 45.6 Å². The van der Waals surface area contributed by atoms with Gasteiger partial charge < -0.3 is 21.7 Å². The van der Waals surface area contributed by atoms with Crippen LogP contribution in [0.4, 0.5) is 0 Å². The van der Waals surface area contributed by atoms with E-state index < -0.39 is 11.8 Å². The van der Waals surface area contributed by atoms with Gasteiger partial charge in [0.15, 0.2) is 12.1 Å². The van der Waals surface area contributed by atoms with Crippen LogP contribution < -0.4 is 16.8 Å². The summed E-state index contributed by atoms with van der Waals surface area (Å²) in [4.78, 5) is 43.8. The molecule has 0 radical (unpaired) electrons. The van der Waals surface area contributed by atoms with Gasteiger partial charge in [-0.3, -0.25) is 24.2 Å². The van der Waals surface area contributed by atoms with E-state index >= 15 is 0 Å². The largest absolute Gasteiger partial charge is 0.347 e. The number of likely N-dealkylation sites (tertiary alicyclic amines) is 1. The molecule has 1 rings (SSSR count). The summed E-state index contributed by atoms with van der Waals surface area (Å²) in [5, 5.41) is 12.5. The molecule has 0 aromatic heterocycles. The van der Waals surface area contributed by atoms with Gasteiger partial charge in [0.25, 0.3) is 0 Å². The van der Waals surface area contributed by atoms with E-state index in [1.165, 1.54) is 6.92 Å². The minimum Gasteiger partial charge on any atom is -0.347 e. The Morgan fingerprint density at radius 3 is 2.14 bits per heavy atom. The molecule has 2 atom stereocenters. The third-order valence-electron chi connectivity index (χ3n) is 4.37. The molecule has 12 heteroatoms. The lowest BCUT2D eigenvalue weighted by molar-refractivity contribution is -0.135. The number of rotatable bonds is 13. The zero-order valence-corrected chi connectivity index (χ0v) is 23.7. The second kappa shape index (κ2) is 27.3. The minimum absolute atomic E-state index is 0.0278. The molecule has 0 aliphatic carbocycles. The van der Waals surface area contributed by atoms with Crippen LogP contribution in [0.3, 0.4) is 0 Å². The summed E-state index contributed by atoms with van der Waals surface area (Å²) >= 11 is 3.74. The average Bonchev–Trinajstić information content (AvgIpc) is 2.86. The first-order valence-corrected chi connectivity index (χ1v) is 13.0. The fraction of sp³-hybridized carbons (Fsp3) is 0.750. The van der Waals surface area contributed by atoms with Crippen molar-refractivity contribution >= 4 is 37.0 Å². The maximum absolute atomic E-state index is 12.5. The highest BCUT2D eigenvalue weighted by Crippen LogP contribution is 2.14. The highest BCUT2D eigenvalue weighted by atomic mass is 32.1. The predicted octanol–water partition coefficient (Wildman–Crippen LogP) is 2.47. The van der Waals surface area contributed by atoms with E-state index in [1.807, 2.05) is 27.8 Å². The molecule has 2 amide bonds. The molecule has 0 aromatic rings. The smallest absolute Gasteiger partial charge is 0.245 e. The summed E-state index contributed by atoms with van der Waals surface area (Å²) in [5.41, 5.74) is 10.9. The monoisotopic (exact) mass is 531 g/mol.